The Kier molecular flexibility index (Phi) is 1.92. The van der Waals surface area contributed by atoms with E-state index in [0.717, 1.165) is 5.56 Å². The average molecular weight is 163 g/mol. The van der Waals surface area contributed by atoms with Gasteiger partial charge in [0.15, 0.2) is 11.5 Å². The molecule has 0 bridgehead atoms. The summed E-state index contributed by atoms with van der Waals surface area (Å²) in [6.45, 7) is 3.50. The molecule has 0 fully saturated rings. The Morgan fingerprint density at radius 2 is 1.92 bits per heavy atom. The fourth-order valence-electron chi connectivity index (χ4n) is 1.02. The van der Waals surface area contributed by atoms with Crippen molar-refractivity contribution in [2.75, 3.05) is 0 Å². The van der Waals surface area contributed by atoms with Crippen LogP contribution in [0.15, 0.2) is 6.07 Å². The zero-order valence-electron chi connectivity index (χ0n) is 6.92. The molecule has 0 heterocycles. The third-order valence-corrected chi connectivity index (χ3v) is 1.91. The van der Waals surface area contributed by atoms with Gasteiger partial charge in [-0.3, -0.25) is 0 Å². The van der Waals surface area contributed by atoms with Gasteiger partial charge in [-0.05, 0) is 31.0 Å². The Labute approximate surface area is 70.5 Å². The second-order valence-corrected chi connectivity index (χ2v) is 2.67. The fraction of sp³-hybridized carbons (Fsp3) is 0.222. The van der Waals surface area contributed by atoms with Crippen molar-refractivity contribution in [1.82, 2.24) is 0 Å². The zero-order chi connectivity index (χ0) is 9.30. The predicted octanol–water partition coefficient (Wildman–Crippen LogP) is 1.59. The second kappa shape index (κ2) is 2.74. The lowest BCUT2D eigenvalue weighted by Crippen LogP contribution is -1.88. The fourth-order valence-corrected chi connectivity index (χ4v) is 1.02. The second-order valence-electron chi connectivity index (χ2n) is 2.67. The Hall–Kier alpha value is -1.69. The van der Waals surface area contributed by atoms with E-state index in [-0.39, 0.29) is 17.1 Å². The van der Waals surface area contributed by atoms with Gasteiger partial charge in [-0.25, -0.2) is 0 Å². The molecule has 1 rings (SSSR count). The van der Waals surface area contributed by atoms with Gasteiger partial charge in [0.1, 0.15) is 11.6 Å². The van der Waals surface area contributed by atoms with Crippen LogP contribution in [-0.4, -0.2) is 10.2 Å². The van der Waals surface area contributed by atoms with E-state index in [4.69, 9.17) is 10.4 Å². The first-order chi connectivity index (χ1) is 5.57. The van der Waals surface area contributed by atoms with Crippen molar-refractivity contribution in [2.45, 2.75) is 13.8 Å². The van der Waals surface area contributed by atoms with E-state index >= 15 is 0 Å². The van der Waals surface area contributed by atoms with Crippen LogP contribution in [0.25, 0.3) is 0 Å². The van der Waals surface area contributed by atoms with Crippen molar-refractivity contribution in [3.8, 4) is 17.6 Å². The molecule has 3 heteroatoms. The van der Waals surface area contributed by atoms with E-state index in [0.29, 0.717) is 5.56 Å². The summed E-state index contributed by atoms with van der Waals surface area (Å²) in [4.78, 5) is 0. The SMILES string of the molecule is Cc1cc(O)c(O)c(C#N)c1C. The summed E-state index contributed by atoms with van der Waals surface area (Å²) in [7, 11) is 0. The van der Waals surface area contributed by atoms with E-state index in [1.807, 2.05) is 6.07 Å². The van der Waals surface area contributed by atoms with Gasteiger partial charge in [-0.1, -0.05) is 0 Å². The molecule has 0 aromatic heterocycles. The predicted molar refractivity (Wildman–Crippen MR) is 44.0 cm³/mol. The van der Waals surface area contributed by atoms with Gasteiger partial charge >= 0.3 is 0 Å². The maximum absolute atomic E-state index is 9.23. The average Bonchev–Trinajstić information content (AvgIpc) is 2.02. The quantitative estimate of drug-likeness (QED) is 0.571. The minimum absolute atomic E-state index is 0.146. The highest BCUT2D eigenvalue weighted by Crippen LogP contribution is 2.32. The van der Waals surface area contributed by atoms with Crippen LogP contribution in [-0.2, 0) is 0 Å². The van der Waals surface area contributed by atoms with E-state index < -0.39 is 0 Å². The van der Waals surface area contributed by atoms with Gasteiger partial charge in [0.25, 0.3) is 0 Å². The summed E-state index contributed by atoms with van der Waals surface area (Å²) >= 11 is 0. The zero-order valence-corrected chi connectivity index (χ0v) is 6.92. The van der Waals surface area contributed by atoms with Gasteiger partial charge in [0.05, 0.1) is 0 Å². The molecule has 0 amide bonds. The number of hydrogen-bond acceptors (Lipinski definition) is 3. The smallest absolute Gasteiger partial charge is 0.175 e. The van der Waals surface area contributed by atoms with Crippen molar-refractivity contribution in [1.29, 1.82) is 5.26 Å². The minimum Gasteiger partial charge on any atom is -0.504 e. The minimum atomic E-state index is -0.333. The topological polar surface area (TPSA) is 64.2 Å². The molecule has 62 valence electrons. The highest BCUT2D eigenvalue weighted by Gasteiger charge is 2.11. The Balaban J connectivity index is 3.56. The number of nitrogens with zero attached hydrogens (tertiary/aromatic N) is 1. The molecule has 0 aliphatic rings. The van der Waals surface area contributed by atoms with Crippen molar-refractivity contribution < 1.29 is 10.2 Å². The number of rotatable bonds is 0. The summed E-state index contributed by atoms with van der Waals surface area (Å²) in [5, 5.41) is 27.0. The molecule has 1 aromatic carbocycles. The summed E-state index contributed by atoms with van der Waals surface area (Å²) < 4.78 is 0. The summed E-state index contributed by atoms with van der Waals surface area (Å²) in [5.41, 5.74) is 1.64. The van der Waals surface area contributed by atoms with E-state index in [1.165, 1.54) is 6.07 Å². The molecule has 3 nitrogen and oxygen atoms in total. The highest BCUT2D eigenvalue weighted by molar-refractivity contribution is 5.57. The Morgan fingerprint density at radius 3 is 2.42 bits per heavy atom. The molecule has 0 aliphatic heterocycles. The van der Waals surface area contributed by atoms with Crippen molar-refractivity contribution in [3.05, 3.63) is 22.8 Å². The molecule has 12 heavy (non-hydrogen) atoms. The van der Waals surface area contributed by atoms with Crippen molar-refractivity contribution in [3.63, 3.8) is 0 Å². The normalized spacial score (nSPS) is 9.42. The molecule has 0 radical (unpaired) electrons. The molecule has 0 saturated carbocycles. The van der Waals surface area contributed by atoms with E-state index in [1.54, 1.807) is 13.8 Å². The lowest BCUT2D eigenvalue weighted by molar-refractivity contribution is 0.402. The van der Waals surface area contributed by atoms with Crippen LogP contribution in [0.5, 0.6) is 11.5 Å². The first kappa shape index (κ1) is 8.41. The van der Waals surface area contributed by atoms with Gasteiger partial charge < -0.3 is 10.2 Å². The number of nitriles is 1. The standard InChI is InChI=1S/C9H9NO2/c1-5-3-8(11)9(12)7(4-10)6(5)2/h3,11-12H,1-2H3. The molecular weight excluding hydrogens is 154 g/mol. The first-order valence-corrected chi connectivity index (χ1v) is 3.50. The molecule has 1 aromatic rings. The highest BCUT2D eigenvalue weighted by atomic mass is 16.3. The van der Waals surface area contributed by atoms with Crippen LogP contribution in [0.2, 0.25) is 0 Å². The van der Waals surface area contributed by atoms with Gasteiger partial charge in [-0.15, -0.1) is 0 Å². The number of hydrogen-bond donors (Lipinski definition) is 2. The van der Waals surface area contributed by atoms with Crippen LogP contribution in [0.1, 0.15) is 16.7 Å². The van der Waals surface area contributed by atoms with Crippen LogP contribution in [0.3, 0.4) is 0 Å². The largest absolute Gasteiger partial charge is 0.504 e. The number of phenols is 2. The van der Waals surface area contributed by atoms with Crippen molar-refractivity contribution >= 4 is 0 Å². The number of aryl methyl sites for hydroxylation is 1. The third kappa shape index (κ3) is 1.08. The van der Waals surface area contributed by atoms with Crippen LogP contribution in [0, 0.1) is 25.2 Å². The van der Waals surface area contributed by atoms with E-state index in [9.17, 15) is 5.11 Å². The summed E-state index contributed by atoms with van der Waals surface area (Å²) in [5.74, 6) is -0.574. The number of phenolic OH excluding ortho intramolecular Hbond substituents is 2. The number of aromatic hydroxyl groups is 2. The van der Waals surface area contributed by atoms with E-state index in [2.05, 4.69) is 0 Å². The van der Waals surface area contributed by atoms with Crippen molar-refractivity contribution in [2.24, 2.45) is 0 Å². The lowest BCUT2D eigenvalue weighted by atomic mass is 10.0. The Morgan fingerprint density at radius 1 is 1.33 bits per heavy atom. The van der Waals surface area contributed by atoms with Crippen LogP contribution < -0.4 is 0 Å². The first-order valence-electron chi connectivity index (χ1n) is 3.50. The monoisotopic (exact) mass is 163 g/mol. The van der Waals surface area contributed by atoms with Crippen LogP contribution in [0.4, 0.5) is 0 Å². The Bertz CT molecular complexity index is 338. The molecule has 0 saturated heterocycles. The molecule has 0 atom stereocenters. The van der Waals surface area contributed by atoms with Gasteiger partial charge in [-0.2, -0.15) is 5.26 Å². The molecule has 0 spiro atoms. The molecule has 2 N–H and O–H groups in total. The summed E-state index contributed by atoms with van der Waals surface area (Å²) in [6, 6.07) is 3.27. The molecular formula is C9H9NO2. The van der Waals surface area contributed by atoms with Gasteiger partial charge in [0.2, 0.25) is 0 Å². The lowest BCUT2D eigenvalue weighted by Gasteiger charge is -2.05. The number of benzene rings is 1. The summed E-state index contributed by atoms with van der Waals surface area (Å²) in [6.07, 6.45) is 0. The molecule has 0 unspecified atom stereocenters. The maximum Gasteiger partial charge on any atom is 0.175 e. The maximum atomic E-state index is 9.23. The molecule has 0 aliphatic carbocycles. The van der Waals surface area contributed by atoms with Gasteiger partial charge in [0, 0.05) is 0 Å². The van der Waals surface area contributed by atoms with Crippen LogP contribution >= 0.6 is 0 Å². The third-order valence-electron chi connectivity index (χ3n) is 1.91.